The van der Waals surface area contributed by atoms with E-state index in [1.165, 1.54) is 6.07 Å². The molecule has 2 atom stereocenters. The van der Waals surface area contributed by atoms with Crippen LogP contribution in [-0.2, 0) is 4.74 Å². The van der Waals surface area contributed by atoms with Crippen LogP contribution in [0.25, 0.3) is 0 Å². The summed E-state index contributed by atoms with van der Waals surface area (Å²) in [4.78, 5) is 17.1. The molecule has 0 amide bonds. The van der Waals surface area contributed by atoms with Crippen molar-refractivity contribution in [3.05, 3.63) is 46.1 Å². The number of aryl methyl sites for hydroxylation is 1. The molecule has 1 saturated heterocycles. The Kier molecular flexibility index (Phi) is 3.76. The van der Waals surface area contributed by atoms with Crippen molar-refractivity contribution in [2.45, 2.75) is 25.5 Å². The lowest BCUT2D eigenvalue weighted by Crippen LogP contribution is -2.25. The molecule has 0 aliphatic carbocycles. The van der Waals surface area contributed by atoms with E-state index in [0.717, 1.165) is 0 Å². The summed E-state index contributed by atoms with van der Waals surface area (Å²) in [5, 5.41) is 15.1. The average Bonchev–Trinajstić information content (AvgIpc) is 3.13. The third-order valence-corrected chi connectivity index (χ3v) is 3.81. The van der Waals surface area contributed by atoms with Crippen LogP contribution in [0.2, 0.25) is 0 Å². The number of nitro benzene ring substituents is 1. The smallest absolute Gasteiger partial charge is 0.292 e. The molecule has 22 heavy (non-hydrogen) atoms. The highest BCUT2D eigenvalue weighted by atomic mass is 16.6. The van der Waals surface area contributed by atoms with E-state index < -0.39 is 0 Å². The average molecular weight is 304 g/mol. The maximum atomic E-state index is 11.3. The first-order chi connectivity index (χ1) is 10.6. The van der Waals surface area contributed by atoms with Crippen molar-refractivity contribution in [1.29, 1.82) is 0 Å². The number of hydrogen-bond donors (Lipinski definition) is 0. The summed E-state index contributed by atoms with van der Waals surface area (Å²) in [5.41, 5.74) is 0.591. The second-order valence-corrected chi connectivity index (χ2v) is 5.19. The lowest BCUT2D eigenvalue weighted by atomic mass is 10.2. The zero-order valence-electron chi connectivity index (χ0n) is 12.3. The van der Waals surface area contributed by atoms with Gasteiger partial charge in [-0.05, 0) is 13.0 Å². The van der Waals surface area contributed by atoms with Gasteiger partial charge < -0.3 is 14.2 Å². The molecule has 2 unspecified atom stereocenters. The normalized spacial score (nSPS) is 21.3. The van der Waals surface area contributed by atoms with Gasteiger partial charge >= 0.3 is 0 Å². The van der Waals surface area contributed by atoms with Gasteiger partial charge in [0, 0.05) is 26.1 Å². The van der Waals surface area contributed by atoms with Gasteiger partial charge in [0.25, 0.3) is 5.69 Å². The van der Waals surface area contributed by atoms with Crippen LogP contribution in [-0.4, -0.2) is 34.8 Å². The first-order valence-electron chi connectivity index (χ1n) is 6.93. The molecule has 0 N–H and O–H groups in total. The molecule has 8 heteroatoms. The third-order valence-electron chi connectivity index (χ3n) is 3.81. The third kappa shape index (κ3) is 2.52. The summed E-state index contributed by atoms with van der Waals surface area (Å²) in [6.07, 6.45) is 0.599. The summed E-state index contributed by atoms with van der Waals surface area (Å²) in [6, 6.07) is 6.42. The Labute approximate surface area is 126 Å². The molecule has 0 radical (unpaired) electrons. The van der Waals surface area contributed by atoms with Crippen molar-refractivity contribution in [2.75, 3.05) is 18.6 Å². The Hall–Kier alpha value is -2.48. The number of hydrogen-bond acceptors (Lipinski definition) is 7. The van der Waals surface area contributed by atoms with E-state index in [9.17, 15) is 10.1 Å². The molecule has 0 bridgehead atoms. The Balaban J connectivity index is 2.01. The predicted molar refractivity (Wildman–Crippen MR) is 77.6 cm³/mol. The standard InChI is InChI=1S/C14H16N4O4/c1-9-15-14(22-16-9)13-7-10(21-2)8-17(13)11-5-3-4-6-12(11)18(19)20/h3-6,10,13H,7-8H2,1-2H3. The number of methoxy groups -OCH3 is 1. The fourth-order valence-electron chi connectivity index (χ4n) is 2.78. The molecule has 2 aromatic rings. The first-order valence-corrected chi connectivity index (χ1v) is 6.93. The maximum absolute atomic E-state index is 11.3. The van der Waals surface area contributed by atoms with Crippen LogP contribution in [0.15, 0.2) is 28.8 Å². The lowest BCUT2D eigenvalue weighted by Gasteiger charge is -2.23. The van der Waals surface area contributed by atoms with E-state index in [4.69, 9.17) is 9.26 Å². The predicted octanol–water partition coefficient (Wildman–Crippen LogP) is 2.25. The van der Waals surface area contributed by atoms with Crippen LogP contribution in [0, 0.1) is 17.0 Å². The molecule has 1 aliphatic heterocycles. The second kappa shape index (κ2) is 5.72. The van der Waals surface area contributed by atoms with E-state index in [-0.39, 0.29) is 22.8 Å². The van der Waals surface area contributed by atoms with E-state index >= 15 is 0 Å². The van der Waals surface area contributed by atoms with E-state index in [2.05, 4.69) is 10.1 Å². The quantitative estimate of drug-likeness (QED) is 0.631. The van der Waals surface area contributed by atoms with Crippen molar-refractivity contribution in [2.24, 2.45) is 0 Å². The SMILES string of the molecule is COC1CC(c2nc(C)no2)N(c2ccccc2[N+](=O)[O-])C1. The van der Waals surface area contributed by atoms with Gasteiger partial charge in [-0.25, -0.2) is 0 Å². The van der Waals surface area contributed by atoms with Crippen molar-refractivity contribution in [1.82, 2.24) is 10.1 Å². The molecule has 1 aliphatic rings. The monoisotopic (exact) mass is 304 g/mol. The van der Waals surface area contributed by atoms with Crippen LogP contribution in [0.3, 0.4) is 0 Å². The number of ether oxygens (including phenoxy) is 1. The Morgan fingerprint density at radius 1 is 1.45 bits per heavy atom. The van der Waals surface area contributed by atoms with Crippen molar-refractivity contribution >= 4 is 11.4 Å². The van der Waals surface area contributed by atoms with E-state index in [1.54, 1.807) is 32.2 Å². The summed E-state index contributed by atoms with van der Waals surface area (Å²) in [6.45, 7) is 2.28. The van der Waals surface area contributed by atoms with Gasteiger partial charge in [-0.15, -0.1) is 0 Å². The van der Waals surface area contributed by atoms with Gasteiger partial charge in [-0.2, -0.15) is 4.98 Å². The number of nitro groups is 1. The van der Waals surface area contributed by atoms with Crippen LogP contribution in [0.1, 0.15) is 24.2 Å². The summed E-state index contributed by atoms with van der Waals surface area (Å²) in [5.74, 6) is 0.994. The molecule has 0 spiro atoms. The molecule has 1 fully saturated rings. The maximum Gasteiger partial charge on any atom is 0.292 e. The molecular weight excluding hydrogens is 288 g/mol. The van der Waals surface area contributed by atoms with Crippen molar-refractivity contribution < 1.29 is 14.2 Å². The number of para-hydroxylation sites is 2. The van der Waals surface area contributed by atoms with Gasteiger partial charge in [0.2, 0.25) is 5.89 Å². The van der Waals surface area contributed by atoms with Crippen LogP contribution in [0.5, 0.6) is 0 Å². The summed E-state index contributed by atoms with van der Waals surface area (Å²) in [7, 11) is 1.63. The van der Waals surface area contributed by atoms with E-state index in [0.29, 0.717) is 30.4 Å². The van der Waals surface area contributed by atoms with Crippen LogP contribution >= 0.6 is 0 Å². The van der Waals surface area contributed by atoms with Crippen LogP contribution in [0.4, 0.5) is 11.4 Å². The summed E-state index contributed by atoms with van der Waals surface area (Å²) >= 11 is 0. The van der Waals surface area contributed by atoms with E-state index in [1.807, 2.05) is 4.90 Å². The molecule has 2 heterocycles. The number of benzene rings is 1. The largest absolute Gasteiger partial charge is 0.380 e. The topological polar surface area (TPSA) is 94.5 Å². The molecular formula is C14H16N4O4. The zero-order chi connectivity index (χ0) is 15.7. The van der Waals surface area contributed by atoms with Gasteiger partial charge in [0.05, 0.1) is 11.0 Å². The van der Waals surface area contributed by atoms with Crippen LogP contribution < -0.4 is 4.90 Å². The molecule has 3 rings (SSSR count). The minimum atomic E-state index is -0.383. The number of anilines is 1. The van der Waals surface area contributed by atoms with Crippen molar-refractivity contribution in [3.8, 4) is 0 Å². The highest BCUT2D eigenvalue weighted by Gasteiger charge is 2.39. The second-order valence-electron chi connectivity index (χ2n) is 5.19. The van der Waals surface area contributed by atoms with Gasteiger partial charge in [-0.1, -0.05) is 17.3 Å². The number of aromatic nitrogens is 2. The highest BCUT2D eigenvalue weighted by molar-refractivity contribution is 5.64. The fourth-order valence-corrected chi connectivity index (χ4v) is 2.78. The molecule has 8 nitrogen and oxygen atoms in total. The van der Waals surface area contributed by atoms with Gasteiger partial charge in [0.1, 0.15) is 11.7 Å². The Morgan fingerprint density at radius 3 is 2.86 bits per heavy atom. The number of rotatable bonds is 4. The van der Waals surface area contributed by atoms with Crippen molar-refractivity contribution in [3.63, 3.8) is 0 Å². The Morgan fingerprint density at radius 2 is 2.23 bits per heavy atom. The molecule has 0 saturated carbocycles. The highest BCUT2D eigenvalue weighted by Crippen LogP contribution is 2.40. The summed E-state index contributed by atoms with van der Waals surface area (Å²) < 4.78 is 10.7. The first kappa shape index (κ1) is 14.5. The van der Waals surface area contributed by atoms with Gasteiger partial charge in [0.15, 0.2) is 5.82 Å². The number of nitrogens with zero attached hydrogens (tertiary/aromatic N) is 4. The minimum absolute atomic E-state index is 0.0444. The fraction of sp³-hybridized carbons (Fsp3) is 0.429. The molecule has 116 valence electrons. The molecule has 1 aromatic carbocycles. The minimum Gasteiger partial charge on any atom is -0.380 e. The molecule has 1 aromatic heterocycles. The van der Waals surface area contributed by atoms with Gasteiger partial charge in [-0.3, -0.25) is 10.1 Å². The Bertz CT molecular complexity index is 687. The zero-order valence-corrected chi connectivity index (χ0v) is 12.3. The lowest BCUT2D eigenvalue weighted by molar-refractivity contribution is -0.384.